The van der Waals surface area contributed by atoms with E-state index >= 15 is 0 Å². The Morgan fingerprint density at radius 3 is 2.39 bits per heavy atom. The molecule has 0 spiro atoms. The van der Waals surface area contributed by atoms with Crippen LogP contribution in [0.4, 0.5) is 5.69 Å². The van der Waals surface area contributed by atoms with Crippen LogP contribution >= 0.6 is 22.9 Å². The van der Waals surface area contributed by atoms with Crippen molar-refractivity contribution in [2.75, 3.05) is 11.9 Å². The monoisotopic (exact) mass is 625 g/mol. The lowest BCUT2D eigenvalue weighted by atomic mass is 10.1. The molecule has 0 saturated carbocycles. The summed E-state index contributed by atoms with van der Waals surface area (Å²) in [6, 6.07) is 24.4. The summed E-state index contributed by atoms with van der Waals surface area (Å²) in [6.45, 7) is 6.07. The van der Waals surface area contributed by atoms with Crippen LogP contribution < -0.4 is 20.2 Å². The van der Waals surface area contributed by atoms with E-state index in [0.29, 0.717) is 44.6 Å². The van der Waals surface area contributed by atoms with Crippen molar-refractivity contribution >= 4 is 62.7 Å². The summed E-state index contributed by atoms with van der Waals surface area (Å²) < 4.78 is 12.2. The number of anilines is 1. The van der Waals surface area contributed by atoms with Gasteiger partial charge in [-0.2, -0.15) is 5.10 Å². The molecule has 0 fully saturated rings. The van der Waals surface area contributed by atoms with Gasteiger partial charge in [-0.25, -0.2) is 10.2 Å². The number of hydrazone groups is 1. The highest BCUT2D eigenvalue weighted by Crippen LogP contribution is 2.36. The number of halogens is 1. The zero-order valence-corrected chi connectivity index (χ0v) is 25.7. The standard InChI is InChI=1S/C34H28ClN3O5S/c1-4-42-28-18-22(9-15-27(28)43-34(41)24-7-5-6-20(2)16-24)19-36-38-32(39)23-10-12-25(13-11-23)37-33(40)31-30(35)26-14-8-21(3)17-29(26)44-31/h5-19H,4H2,1-3H3,(H,37,40)(H,38,39)/b36-19-. The number of esters is 1. The number of benzene rings is 4. The summed E-state index contributed by atoms with van der Waals surface area (Å²) in [4.78, 5) is 38.6. The lowest BCUT2D eigenvalue weighted by Crippen LogP contribution is -2.17. The van der Waals surface area contributed by atoms with Crippen LogP contribution in [0.2, 0.25) is 5.02 Å². The number of carbonyl (C=O) groups is 3. The van der Waals surface area contributed by atoms with E-state index in [2.05, 4.69) is 15.8 Å². The van der Waals surface area contributed by atoms with E-state index in [-0.39, 0.29) is 11.7 Å². The largest absolute Gasteiger partial charge is 0.490 e. The van der Waals surface area contributed by atoms with Crippen LogP contribution in [-0.2, 0) is 0 Å². The maximum absolute atomic E-state index is 12.9. The molecule has 0 saturated heterocycles. The Kier molecular flexibility index (Phi) is 9.38. The molecule has 2 amide bonds. The third-order valence-corrected chi connectivity index (χ3v) is 8.16. The van der Waals surface area contributed by atoms with Crippen LogP contribution in [0.25, 0.3) is 10.1 Å². The van der Waals surface area contributed by atoms with Crippen LogP contribution in [0, 0.1) is 13.8 Å². The molecule has 222 valence electrons. The Bertz CT molecular complexity index is 1900. The van der Waals surface area contributed by atoms with Gasteiger partial charge < -0.3 is 14.8 Å². The number of aryl methyl sites for hydroxylation is 2. The SMILES string of the molecule is CCOc1cc(/C=N\NC(=O)c2ccc(NC(=O)c3sc4cc(C)ccc4c3Cl)cc2)ccc1OC(=O)c1cccc(C)c1. The predicted octanol–water partition coefficient (Wildman–Crippen LogP) is 7.81. The van der Waals surface area contributed by atoms with Gasteiger partial charge in [0.2, 0.25) is 0 Å². The van der Waals surface area contributed by atoms with Gasteiger partial charge in [-0.05, 0) is 92.6 Å². The molecule has 0 aliphatic heterocycles. The Balaban J connectivity index is 1.19. The first-order valence-corrected chi connectivity index (χ1v) is 14.9. The van der Waals surface area contributed by atoms with Crippen molar-refractivity contribution in [1.82, 2.24) is 5.43 Å². The van der Waals surface area contributed by atoms with Gasteiger partial charge in [-0.1, -0.05) is 41.4 Å². The first-order valence-electron chi connectivity index (χ1n) is 13.7. The molecular formula is C34H28ClN3O5S. The van der Waals surface area contributed by atoms with Crippen LogP contribution in [0.5, 0.6) is 11.5 Å². The summed E-state index contributed by atoms with van der Waals surface area (Å²) in [5, 5.41) is 8.13. The molecule has 5 aromatic rings. The third-order valence-electron chi connectivity index (χ3n) is 6.50. The van der Waals surface area contributed by atoms with Gasteiger partial charge in [0, 0.05) is 21.3 Å². The van der Waals surface area contributed by atoms with Gasteiger partial charge >= 0.3 is 5.97 Å². The van der Waals surface area contributed by atoms with E-state index in [1.807, 2.05) is 45.0 Å². The molecule has 4 aromatic carbocycles. The average molecular weight is 626 g/mol. The van der Waals surface area contributed by atoms with Crippen LogP contribution in [0.3, 0.4) is 0 Å². The number of rotatable bonds is 9. The topological polar surface area (TPSA) is 106 Å². The Labute approximate surface area is 263 Å². The number of nitrogens with one attached hydrogen (secondary N) is 2. The minimum Gasteiger partial charge on any atom is -0.490 e. The van der Waals surface area contributed by atoms with Gasteiger partial charge in [0.15, 0.2) is 11.5 Å². The minimum atomic E-state index is -0.493. The summed E-state index contributed by atoms with van der Waals surface area (Å²) in [5.41, 5.74) is 6.45. The number of hydrogen-bond acceptors (Lipinski definition) is 7. The lowest BCUT2D eigenvalue weighted by Gasteiger charge is -2.11. The van der Waals surface area contributed by atoms with E-state index in [4.69, 9.17) is 21.1 Å². The molecule has 0 atom stereocenters. The highest BCUT2D eigenvalue weighted by atomic mass is 35.5. The number of amides is 2. The van der Waals surface area contributed by atoms with Gasteiger partial charge in [0.05, 0.1) is 23.4 Å². The molecule has 0 aliphatic carbocycles. The van der Waals surface area contributed by atoms with Crippen molar-refractivity contribution in [1.29, 1.82) is 0 Å². The summed E-state index contributed by atoms with van der Waals surface area (Å²) >= 11 is 7.80. The van der Waals surface area contributed by atoms with Gasteiger partial charge in [0.1, 0.15) is 4.88 Å². The normalized spacial score (nSPS) is 11.0. The molecule has 1 aromatic heterocycles. The summed E-state index contributed by atoms with van der Waals surface area (Å²) in [7, 11) is 0. The second-order valence-corrected chi connectivity index (χ2v) is 11.3. The molecule has 10 heteroatoms. The van der Waals surface area contributed by atoms with Gasteiger partial charge in [-0.15, -0.1) is 11.3 Å². The number of fused-ring (bicyclic) bond motifs is 1. The number of nitrogens with zero attached hydrogens (tertiary/aromatic N) is 1. The molecule has 5 rings (SSSR count). The van der Waals surface area contributed by atoms with Crippen LogP contribution in [0.15, 0.2) is 90.0 Å². The Morgan fingerprint density at radius 1 is 0.864 bits per heavy atom. The van der Waals surface area contributed by atoms with E-state index < -0.39 is 11.9 Å². The summed E-state index contributed by atoms with van der Waals surface area (Å²) in [5.74, 6) is -0.605. The smallest absolute Gasteiger partial charge is 0.343 e. The fourth-order valence-electron chi connectivity index (χ4n) is 4.33. The average Bonchev–Trinajstić information content (AvgIpc) is 3.34. The minimum absolute atomic E-state index is 0.274. The van der Waals surface area contributed by atoms with E-state index in [0.717, 1.165) is 21.2 Å². The Hall–Kier alpha value is -4.99. The molecule has 0 aliphatic rings. The molecule has 1 heterocycles. The molecule has 44 heavy (non-hydrogen) atoms. The van der Waals surface area contributed by atoms with Crippen LogP contribution in [0.1, 0.15) is 54.0 Å². The van der Waals surface area contributed by atoms with Gasteiger partial charge in [0.25, 0.3) is 11.8 Å². The fourth-order valence-corrected chi connectivity index (χ4v) is 5.84. The van der Waals surface area contributed by atoms with Crippen molar-refractivity contribution in [3.05, 3.63) is 123 Å². The van der Waals surface area contributed by atoms with E-state index in [1.54, 1.807) is 60.7 Å². The van der Waals surface area contributed by atoms with Crippen LogP contribution in [-0.4, -0.2) is 30.6 Å². The number of hydrogen-bond donors (Lipinski definition) is 2. The van der Waals surface area contributed by atoms with Gasteiger partial charge in [-0.3, -0.25) is 9.59 Å². The van der Waals surface area contributed by atoms with Crippen molar-refractivity contribution in [3.63, 3.8) is 0 Å². The predicted molar refractivity (Wildman–Crippen MR) is 175 cm³/mol. The number of carbonyl (C=O) groups excluding carboxylic acids is 3. The maximum atomic E-state index is 12.9. The zero-order chi connectivity index (χ0) is 31.2. The quantitative estimate of drug-likeness (QED) is 0.0752. The van der Waals surface area contributed by atoms with Crippen molar-refractivity contribution in [2.45, 2.75) is 20.8 Å². The highest BCUT2D eigenvalue weighted by Gasteiger charge is 2.18. The molecule has 0 radical (unpaired) electrons. The Morgan fingerprint density at radius 2 is 1.64 bits per heavy atom. The van der Waals surface area contributed by atoms with Crippen molar-refractivity contribution in [2.24, 2.45) is 5.10 Å². The zero-order valence-electron chi connectivity index (χ0n) is 24.1. The second-order valence-electron chi connectivity index (χ2n) is 9.87. The number of ether oxygens (including phenoxy) is 2. The molecular weight excluding hydrogens is 598 g/mol. The molecule has 2 N–H and O–H groups in total. The first kappa shape index (κ1) is 30.5. The first-order chi connectivity index (χ1) is 21.2. The van der Waals surface area contributed by atoms with Crippen molar-refractivity contribution < 1.29 is 23.9 Å². The lowest BCUT2D eigenvalue weighted by molar-refractivity contribution is 0.0727. The second kappa shape index (κ2) is 13.5. The fraction of sp³-hybridized carbons (Fsp3) is 0.118. The highest BCUT2D eigenvalue weighted by molar-refractivity contribution is 7.21. The summed E-state index contributed by atoms with van der Waals surface area (Å²) in [6.07, 6.45) is 1.46. The third kappa shape index (κ3) is 7.14. The van der Waals surface area contributed by atoms with E-state index in [9.17, 15) is 14.4 Å². The maximum Gasteiger partial charge on any atom is 0.343 e. The van der Waals surface area contributed by atoms with Crippen molar-refractivity contribution in [3.8, 4) is 11.5 Å². The van der Waals surface area contributed by atoms with E-state index in [1.165, 1.54) is 17.6 Å². The molecule has 0 bridgehead atoms. The number of thiophene rings is 1. The molecule has 0 unspecified atom stereocenters. The molecule has 8 nitrogen and oxygen atoms in total.